The minimum absolute atomic E-state index is 0.0946. The van der Waals surface area contributed by atoms with Gasteiger partial charge in [0.2, 0.25) is 5.91 Å². The third-order valence-corrected chi connectivity index (χ3v) is 5.15. The fourth-order valence-electron chi connectivity index (χ4n) is 3.44. The molecule has 1 atom stereocenters. The standard InChI is InChI=1S/C21H23ClN4O2/c1-15-13-25(8-9-26(15)18-4-3-5-19(11-18)28-2)14-21(27)24-17-7-6-16(12-23)20(22)10-17/h3-7,10-11,15H,8-9,13-14H2,1-2H3,(H,24,27). The normalized spacial score (nSPS) is 17.1. The van der Waals surface area contributed by atoms with Crippen LogP contribution in [-0.2, 0) is 4.79 Å². The number of hydrogen-bond donors (Lipinski definition) is 1. The summed E-state index contributed by atoms with van der Waals surface area (Å²) in [6.45, 7) is 4.89. The summed E-state index contributed by atoms with van der Waals surface area (Å²) in [7, 11) is 1.67. The number of anilines is 2. The number of ether oxygens (including phenoxy) is 1. The predicted octanol–water partition coefficient (Wildman–Crippen LogP) is 3.37. The van der Waals surface area contributed by atoms with E-state index in [1.807, 2.05) is 24.3 Å². The lowest BCUT2D eigenvalue weighted by molar-refractivity contribution is -0.117. The number of hydrogen-bond acceptors (Lipinski definition) is 5. The Balaban J connectivity index is 1.56. The molecule has 6 nitrogen and oxygen atoms in total. The van der Waals surface area contributed by atoms with Crippen molar-refractivity contribution in [3.05, 3.63) is 53.1 Å². The molecule has 0 radical (unpaired) electrons. The number of nitriles is 1. The molecule has 1 aliphatic heterocycles. The number of rotatable bonds is 5. The van der Waals surface area contributed by atoms with Crippen molar-refractivity contribution in [2.75, 3.05) is 43.5 Å². The minimum atomic E-state index is -0.0946. The molecule has 2 aromatic carbocycles. The monoisotopic (exact) mass is 398 g/mol. The SMILES string of the molecule is COc1cccc(N2CCN(CC(=O)Nc3ccc(C#N)c(Cl)c3)CC2C)c1. The predicted molar refractivity (Wildman–Crippen MR) is 111 cm³/mol. The average molecular weight is 399 g/mol. The minimum Gasteiger partial charge on any atom is -0.497 e. The van der Waals surface area contributed by atoms with Crippen LogP contribution in [0, 0.1) is 11.3 Å². The van der Waals surface area contributed by atoms with Gasteiger partial charge in [-0.1, -0.05) is 17.7 Å². The number of nitrogens with zero attached hydrogens (tertiary/aromatic N) is 3. The molecule has 1 heterocycles. The van der Waals surface area contributed by atoms with Crippen molar-refractivity contribution >= 4 is 28.9 Å². The summed E-state index contributed by atoms with van der Waals surface area (Å²) < 4.78 is 5.32. The van der Waals surface area contributed by atoms with Gasteiger partial charge in [0.25, 0.3) is 0 Å². The lowest BCUT2D eigenvalue weighted by atomic mass is 10.1. The molecule has 7 heteroatoms. The van der Waals surface area contributed by atoms with E-state index in [4.69, 9.17) is 21.6 Å². The highest BCUT2D eigenvalue weighted by Gasteiger charge is 2.25. The Kier molecular flexibility index (Phi) is 6.40. The summed E-state index contributed by atoms with van der Waals surface area (Å²) in [6, 6.07) is 15.2. The Hall–Kier alpha value is -2.75. The molecule has 28 heavy (non-hydrogen) atoms. The van der Waals surface area contributed by atoms with Crippen LogP contribution in [0.2, 0.25) is 5.02 Å². The fraction of sp³-hybridized carbons (Fsp3) is 0.333. The lowest BCUT2D eigenvalue weighted by Crippen LogP contribution is -2.53. The molecule has 0 saturated carbocycles. The van der Waals surface area contributed by atoms with Crippen LogP contribution in [0.1, 0.15) is 12.5 Å². The molecule has 1 fully saturated rings. The van der Waals surface area contributed by atoms with Gasteiger partial charge in [-0.2, -0.15) is 5.26 Å². The summed E-state index contributed by atoms with van der Waals surface area (Å²) in [5.74, 6) is 0.746. The van der Waals surface area contributed by atoms with Crippen molar-refractivity contribution in [1.82, 2.24) is 4.90 Å². The van der Waals surface area contributed by atoms with Crippen LogP contribution in [0.5, 0.6) is 5.75 Å². The first-order valence-electron chi connectivity index (χ1n) is 9.12. The van der Waals surface area contributed by atoms with Gasteiger partial charge in [0.1, 0.15) is 11.8 Å². The van der Waals surface area contributed by atoms with Crippen LogP contribution in [0.3, 0.4) is 0 Å². The third-order valence-electron chi connectivity index (χ3n) is 4.84. The molecule has 0 aliphatic carbocycles. The van der Waals surface area contributed by atoms with Crippen molar-refractivity contribution in [3.63, 3.8) is 0 Å². The number of methoxy groups -OCH3 is 1. The third kappa shape index (κ3) is 4.75. The van der Waals surface area contributed by atoms with Crippen molar-refractivity contribution in [2.24, 2.45) is 0 Å². The Morgan fingerprint density at radius 1 is 1.32 bits per heavy atom. The lowest BCUT2D eigenvalue weighted by Gasteiger charge is -2.41. The molecule has 3 rings (SSSR count). The molecule has 2 aromatic rings. The largest absolute Gasteiger partial charge is 0.497 e. The van der Waals surface area contributed by atoms with Gasteiger partial charge in [-0.25, -0.2) is 0 Å². The van der Waals surface area contributed by atoms with Crippen LogP contribution in [-0.4, -0.2) is 50.1 Å². The quantitative estimate of drug-likeness (QED) is 0.836. The highest BCUT2D eigenvalue weighted by Crippen LogP contribution is 2.25. The molecule has 146 valence electrons. The topological polar surface area (TPSA) is 68.6 Å². The maximum Gasteiger partial charge on any atom is 0.238 e. The molecule has 1 amide bonds. The van der Waals surface area contributed by atoms with Gasteiger partial charge in [-0.05, 0) is 37.3 Å². The molecule has 0 bridgehead atoms. The van der Waals surface area contributed by atoms with Crippen LogP contribution in [0.15, 0.2) is 42.5 Å². The number of carbonyl (C=O) groups excluding carboxylic acids is 1. The van der Waals surface area contributed by atoms with E-state index in [1.54, 1.807) is 25.3 Å². The van der Waals surface area contributed by atoms with Gasteiger partial charge in [0.05, 0.1) is 24.2 Å². The number of benzene rings is 2. The molecule has 1 aliphatic rings. The number of carbonyl (C=O) groups is 1. The van der Waals surface area contributed by atoms with E-state index in [0.717, 1.165) is 31.1 Å². The first-order chi connectivity index (χ1) is 13.5. The Morgan fingerprint density at radius 2 is 2.14 bits per heavy atom. The van der Waals surface area contributed by atoms with E-state index in [0.29, 0.717) is 22.8 Å². The second-order valence-electron chi connectivity index (χ2n) is 6.83. The summed E-state index contributed by atoms with van der Waals surface area (Å²) >= 11 is 6.02. The molecular formula is C21H23ClN4O2. The van der Waals surface area contributed by atoms with Crippen molar-refractivity contribution in [1.29, 1.82) is 5.26 Å². The van der Waals surface area contributed by atoms with E-state index < -0.39 is 0 Å². The van der Waals surface area contributed by atoms with E-state index in [-0.39, 0.29) is 11.9 Å². The maximum absolute atomic E-state index is 12.4. The van der Waals surface area contributed by atoms with E-state index in [9.17, 15) is 4.79 Å². The van der Waals surface area contributed by atoms with Crippen LogP contribution < -0.4 is 15.0 Å². The molecule has 1 saturated heterocycles. The molecule has 0 spiro atoms. The first-order valence-corrected chi connectivity index (χ1v) is 9.50. The van der Waals surface area contributed by atoms with Crippen LogP contribution in [0.25, 0.3) is 0 Å². The smallest absolute Gasteiger partial charge is 0.238 e. The highest BCUT2D eigenvalue weighted by atomic mass is 35.5. The fourth-order valence-corrected chi connectivity index (χ4v) is 3.66. The van der Waals surface area contributed by atoms with Gasteiger partial charge in [-0.3, -0.25) is 9.69 Å². The first kappa shape index (κ1) is 20.0. The number of halogens is 1. The Morgan fingerprint density at radius 3 is 2.82 bits per heavy atom. The zero-order chi connectivity index (χ0) is 20.1. The zero-order valence-electron chi connectivity index (χ0n) is 16.0. The number of nitrogens with one attached hydrogen (secondary N) is 1. The van der Waals surface area contributed by atoms with Gasteiger partial charge >= 0.3 is 0 Å². The van der Waals surface area contributed by atoms with E-state index in [2.05, 4.69) is 28.1 Å². The second-order valence-corrected chi connectivity index (χ2v) is 7.24. The molecular weight excluding hydrogens is 376 g/mol. The van der Waals surface area contributed by atoms with Crippen molar-refractivity contribution in [2.45, 2.75) is 13.0 Å². The van der Waals surface area contributed by atoms with Gasteiger partial charge < -0.3 is 15.0 Å². The van der Waals surface area contributed by atoms with Crippen molar-refractivity contribution < 1.29 is 9.53 Å². The van der Waals surface area contributed by atoms with Gasteiger partial charge in [0, 0.05) is 43.1 Å². The summed E-state index contributed by atoms with van der Waals surface area (Å²) in [6.07, 6.45) is 0. The zero-order valence-corrected chi connectivity index (χ0v) is 16.7. The van der Waals surface area contributed by atoms with Crippen LogP contribution in [0.4, 0.5) is 11.4 Å². The summed E-state index contributed by atoms with van der Waals surface area (Å²) in [5, 5.41) is 12.1. The summed E-state index contributed by atoms with van der Waals surface area (Å²) in [4.78, 5) is 16.9. The Bertz CT molecular complexity index is 896. The highest BCUT2D eigenvalue weighted by molar-refractivity contribution is 6.32. The number of amides is 1. The van der Waals surface area contributed by atoms with Gasteiger partial charge in [0.15, 0.2) is 0 Å². The van der Waals surface area contributed by atoms with E-state index in [1.165, 1.54) is 0 Å². The molecule has 0 aromatic heterocycles. The molecule has 1 N–H and O–H groups in total. The maximum atomic E-state index is 12.4. The van der Waals surface area contributed by atoms with E-state index >= 15 is 0 Å². The van der Waals surface area contributed by atoms with Crippen molar-refractivity contribution in [3.8, 4) is 11.8 Å². The Labute approximate surface area is 170 Å². The van der Waals surface area contributed by atoms with Crippen LogP contribution >= 0.6 is 11.6 Å². The number of piperazine rings is 1. The molecule has 1 unspecified atom stereocenters. The van der Waals surface area contributed by atoms with Gasteiger partial charge in [-0.15, -0.1) is 0 Å². The average Bonchev–Trinajstić information content (AvgIpc) is 2.68. The second kappa shape index (κ2) is 8.96. The summed E-state index contributed by atoms with van der Waals surface area (Å²) in [5.41, 5.74) is 2.11.